The lowest BCUT2D eigenvalue weighted by Gasteiger charge is -2.40. The van der Waals surface area contributed by atoms with E-state index in [0.717, 1.165) is 24.5 Å². The number of carbonyl (C=O) groups excluding carboxylic acids is 1. The first kappa shape index (κ1) is 18.6. The number of nitrogens with zero attached hydrogens (tertiary/aromatic N) is 3. The number of amides is 1. The minimum absolute atomic E-state index is 0.286. The molecule has 1 aliphatic heterocycles. The van der Waals surface area contributed by atoms with Gasteiger partial charge in [-0.2, -0.15) is 0 Å². The van der Waals surface area contributed by atoms with Crippen molar-refractivity contribution in [2.45, 2.75) is 65.6 Å². The van der Waals surface area contributed by atoms with Crippen molar-refractivity contribution in [2.75, 3.05) is 13.1 Å². The fourth-order valence-electron chi connectivity index (χ4n) is 3.07. The summed E-state index contributed by atoms with van der Waals surface area (Å²) in [5, 5.41) is 2.93. The second-order valence-electron chi connectivity index (χ2n) is 7.69. The molecule has 0 radical (unpaired) electrons. The molecule has 1 saturated heterocycles. The number of piperidine rings is 1. The van der Waals surface area contributed by atoms with E-state index >= 15 is 0 Å². The zero-order valence-corrected chi connectivity index (χ0v) is 15.5. The number of likely N-dealkylation sites (tertiary alicyclic amines) is 1. The Balaban J connectivity index is 1.95. The summed E-state index contributed by atoms with van der Waals surface area (Å²) in [7, 11) is 0. The number of nitrogens with one attached hydrogen (secondary N) is 1. The van der Waals surface area contributed by atoms with Crippen molar-refractivity contribution >= 4 is 6.09 Å². The van der Waals surface area contributed by atoms with Gasteiger partial charge in [-0.05, 0) is 53.0 Å². The average Bonchev–Trinajstić information content (AvgIpc) is 2.47. The lowest BCUT2D eigenvalue weighted by atomic mass is 9.90. The highest BCUT2D eigenvalue weighted by Crippen LogP contribution is 2.24. The van der Waals surface area contributed by atoms with Crippen LogP contribution in [-0.4, -0.2) is 45.7 Å². The van der Waals surface area contributed by atoms with Gasteiger partial charge in [-0.25, -0.2) is 4.79 Å². The van der Waals surface area contributed by atoms with E-state index in [9.17, 15) is 4.79 Å². The molecular formula is C18H30N4O2. The minimum Gasteiger partial charge on any atom is -0.444 e. The summed E-state index contributed by atoms with van der Waals surface area (Å²) in [5.74, 6) is 0.520. The number of rotatable bonds is 4. The molecule has 1 aromatic rings. The molecule has 6 heteroatoms. The van der Waals surface area contributed by atoms with E-state index in [1.807, 2.05) is 33.9 Å². The molecular weight excluding hydrogens is 304 g/mol. The number of alkyl carbamates (subject to hydrolysis) is 1. The van der Waals surface area contributed by atoms with Gasteiger partial charge in [0.25, 0.3) is 0 Å². The lowest BCUT2D eigenvalue weighted by molar-refractivity contribution is 0.0455. The second-order valence-corrected chi connectivity index (χ2v) is 7.69. The van der Waals surface area contributed by atoms with Gasteiger partial charge in [0.2, 0.25) is 0 Å². The number of hydrogen-bond donors (Lipinski definition) is 1. The fraction of sp³-hybridized carbons (Fsp3) is 0.722. The third-order valence-corrected chi connectivity index (χ3v) is 4.28. The second kappa shape index (κ2) is 7.92. The van der Waals surface area contributed by atoms with Crippen molar-refractivity contribution in [3.8, 4) is 0 Å². The van der Waals surface area contributed by atoms with Gasteiger partial charge >= 0.3 is 6.09 Å². The monoisotopic (exact) mass is 334 g/mol. The van der Waals surface area contributed by atoms with Crippen LogP contribution in [0.1, 0.15) is 51.9 Å². The molecule has 2 rings (SSSR count). The van der Waals surface area contributed by atoms with E-state index in [4.69, 9.17) is 4.74 Å². The standard InChI is InChI=1S/C18H30N4O2/c1-13-7-6-8-22(12-15-10-19-14(2)9-20-15)16(13)11-21-17(23)24-18(3,4)5/h9-10,13,16H,6-8,11-12H2,1-5H3,(H,21,23). The summed E-state index contributed by atoms with van der Waals surface area (Å²) >= 11 is 0. The maximum Gasteiger partial charge on any atom is 0.407 e. The molecule has 24 heavy (non-hydrogen) atoms. The Labute approximate surface area is 145 Å². The largest absolute Gasteiger partial charge is 0.444 e. The Morgan fingerprint density at radius 1 is 1.38 bits per heavy atom. The summed E-state index contributed by atoms with van der Waals surface area (Å²) in [6.45, 7) is 12.2. The quantitative estimate of drug-likeness (QED) is 0.917. The van der Waals surface area contributed by atoms with Crippen molar-refractivity contribution in [1.82, 2.24) is 20.2 Å². The van der Waals surface area contributed by atoms with Crippen LogP contribution in [0.3, 0.4) is 0 Å². The van der Waals surface area contributed by atoms with Crippen LogP contribution < -0.4 is 5.32 Å². The molecule has 0 aromatic carbocycles. The summed E-state index contributed by atoms with van der Waals surface area (Å²) in [5.41, 5.74) is 1.42. The van der Waals surface area contributed by atoms with E-state index < -0.39 is 5.60 Å². The molecule has 134 valence electrons. The van der Waals surface area contributed by atoms with Crippen LogP contribution in [0.4, 0.5) is 4.79 Å². The van der Waals surface area contributed by atoms with Gasteiger partial charge in [0, 0.05) is 31.5 Å². The van der Waals surface area contributed by atoms with Crippen LogP contribution in [0.15, 0.2) is 12.4 Å². The number of ether oxygens (including phenoxy) is 1. The van der Waals surface area contributed by atoms with Gasteiger partial charge in [-0.1, -0.05) is 6.92 Å². The minimum atomic E-state index is -0.473. The Morgan fingerprint density at radius 3 is 2.75 bits per heavy atom. The first-order chi connectivity index (χ1) is 11.2. The molecule has 1 amide bonds. The molecule has 2 atom stereocenters. The van der Waals surface area contributed by atoms with Crippen molar-refractivity contribution in [3.05, 3.63) is 23.8 Å². The average molecular weight is 334 g/mol. The van der Waals surface area contributed by atoms with E-state index in [1.54, 1.807) is 6.20 Å². The zero-order valence-electron chi connectivity index (χ0n) is 15.5. The van der Waals surface area contributed by atoms with Crippen molar-refractivity contribution in [2.24, 2.45) is 5.92 Å². The Kier molecular flexibility index (Phi) is 6.15. The lowest BCUT2D eigenvalue weighted by Crippen LogP contribution is -2.50. The molecule has 1 aliphatic rings. The summed E-state index contributed by atoms with van der Waals surface area (Å²) in [6.07, 6.45) is 5.64. The maximum atomic E-state index is 11.9. The maximum absolute atomic E-state index is 11.9. The van der Waals surface area contributed by atoms with Crippen LogP contribution in [0.2, 0.25) is 0 Å². The molecule has 6 nitrogen and oxygen atoms in total. The SMILES string of the molecule is Cc1cnc(CN2CCCC(C)C2CNC(=O)OC(C)(C)C)cn1. The molecule has 0 bridgehead atoms. The van der Waals surface area contributed by atoms with Crippen LogP contribution in [0.25, 0.3) is 0 Å². The summed E-state index contributed by atoms with van der Waals surface area (Å²) < 4.78 is 5.34. The van der Waals surface area contributed by atoms with E-state index in [0.29, 0.717) is 12.5 Å². The van der Waals surface area contributed by atoms with Crippen LogP contribution in [0, 0.1) is 12.8 Å². The Morgan fingerprint density at radius 2 is 2.12 bits per heavy atom. The van der Waals surface area contributed by atoms with Gasteiger partial charge in [-0.15, -0.1) is 0 Å². The first-order valence-electron chi connectivity index (χ1n) is 8.73. The molecule has 0 spiro atoms. The van der Waals surface area contributed by atoms with Gasteiger partial charge in [-0.3, -0.25) is 14.9 Å². The fourth-order valence-corrected chi connectivity index (χ4v) is 3.07. The first-order valence-corrected chi connectivity index (χ1v) is 8.73. The Hall–Kier alpha value is -1.69. The van der Waals surface area contributed by atoms with E-state index in [1.165, 1.54) is 12.8 Å². The summed E-state index contributed by atoms with van der Waals surface area (Å²) in [6, 6.07) is 0.286. The van der Waals surface area contributed by atoms with E-state index in [-0.39, 0.29) is 12.1 Å². The zero-order chi connectivity index (χ0) is 17.7. The highest BCUT2D eigenvalue weighted by molar-refractivity contribution is 5.67. The van der Waals surface area contributed by atoms with Crippen molar-refractivity contribution in [3.63, 3.8) is 0 Å². The molecule has 0 aliphatic carbocycles. The molecule has 0 saturated carbocycles. The third kappa shape index (κ3) is 5.74. The van der Waals surface area contributed by atoms with Gasteiger partial charge in [0.05, 0.1) is 11.4 Å². The van der Waals surface area contributed by atoms with Crippen LogP contribution in [-0.2, 0) is 11.3 Å². The van der Waals surface area contributed by atoms with Crippen molar-refractivity contribution < 1.29 is 9.53 Å². The van der Waals surface area contributed by atoms with Gasteiger partial charge in [0.1, 0.15) is 5.60 Å². The van der Waals surface area contributed by atoms with E-state index in [2.05, 4.69) is 27.1 Å². The number of hydrogen-bond acceptors (Lipinski definition) is 5. The summed E-state index contributed by atoms with van der Waals surface area (Å²) in [4.78, 5) is 23.1. The normalized spacial score (nSPS) is 22.2. The predicted molar refractivity (Wildman–Crippen MR) is 93.6 cm³/mol. The molecule has 1 N–H and O–H groups in total. The predicted octanol–water partition coefficient (Wildman–Crippen LogP) is 2.91. The molecule has 1 aromatic heterocycles. The van der Waals surface area contributed by atoms with Crippen molar-refractivity contribution in [1.29, 1.82) is 0 Å². The topological polar surface area (TPSA) is 67.4 Å². The molecule has 2 unspecified atom stereocenters. The third-order valence-electron chi connectivity index (χ3n) is 4.28. The molecule has 2 heterocycles. The number of aryl methyl sites for hydroxylation is 1. The number of carbonyl (C=O) groups is 1. The van der Waals surface area contributed by atoms with Gasteiger partial charge < -0.3 is 10.1 Å². The molecule has 1 fully saturated rings. The Bertz CT molecular complexity index is 539. The van der Waals surface area contributed by atoms with Crippen LogP contribution in [0.5, 0.6) is 0 Å². The highest BCUT2D eigenvalue weighted by atomic mass is 16.6. The number of aromatic nitrogens is 2. The smallest absolute Gasteiger partial charge is 0.407 e. The van der Waals surface area contributed by atoms with Crippen LogP contribution >= 0.6 is 0 Å². The highest BCUT2D eigenvalue weighted by Gasteiger charge is 2.29. The van der Waals surface area contributed by atoms with Gasteiger partial charge in [0.15, 0.2) is 0 Å².